The molecule has 3 aromatic carbocycles. The lowest BCUT2D eigenvalue weighted by Gasteiger charge is -2.15. The van der Waals surface area contributed by atoms with Gasteiger partial charge in [0.05, 0.1) is 23.1 Å². The molecule has 1 heterocycles. The van der Waals surface area contributed by atoms with Crippen molar-refractivity contribution in [3.8, 4) is 22.8 Å². The number of nitrogens with zero attached hydrogens (tertiary/aromatic N) is 3. The first-order chi connectivity index (χ1) is 16.5. The zero-order valence-electron chi connectivity index (χ0n) is 18.5. The minimum atomic E-state index is -0.525. The van der Waals surface area contributed by atoms with Crippen LogP contribution in [0.4, 0.5) is 4.39 Å². The molecule has 1 N–H and O–H groups in total. The van der Waals surface area contributed by atoms with Crippen LogP contribution in [0.15, 0.2) is 78.0 Å². The van der Waals surface area contributed by atoms with Crippen molar-refractivity contribution >= 4 is 29.3 Å². The van der Waals surface area contributed by atoms with Crippen molar-refractivity contribution in [1.29, 1.82) is 0 Å². The van der Waals surface area contributed by atoms with Crippen LogP contribution in [-0.2, 0) is 11.3 Å². The van der Waals surface area contributed by atoms with Crippen molar-refractivity contribution in [2.75, 3.05) is 7.11 Å². The molecule has 0 saturated heterocycles. The first-order valence-electron chi connectivity index (χ1n) is 10.5. The van der Waals surface area contributed by atoms with Crippen LogP contribution in [0.2, 0.25) is 5.02 Å². The van der Waals surface area contributed by atoms with Crippen LogP contribution in [0.1, 0.15) is 12.5 Å². The number of benzene rings is 3. The summed E-state index contributed by atoms with van der Waals surface area (Å²) in [6.07, 6.45) is 0. The van der Waals surface area contributed by atoms with E-state index in [1.165, 1.54) is 17.8 Å². The Morgan fingerprint density at radius 1 is 1.09 bits per heavy atom. The molecule has 0 spiro atoms. The molecule has 34 heavy (non-hydrogen) atoms. The number of halogens is 2. The number of methoxy groups -OCH3 is 1. The summed E-state index contributed by atoms with van der Waals surface area (Å²) in [7, 11) is 1.59. The Kier molecular flexibility index (Phi) is 7.49. The lowest BCUT2D eigenvalue weighted by molar-refractivity contribution is -0.120. The fraction of sp³-hybridized carbons (Fsp3) is 0.160. The zero-order chi connectivity index (χ0) is 24.1. The number of aromatic nitrogens is 3. The smallest absolute Gasteiger partial charge is 0.233 e. The van der Waals surface area contributed by atoms with Crippen molar-refractivity contribution in [2.24, 2.45) is 0 Å². The van der Waals surface area contributed by atoms with E-state index in [-0.39, 0.29) is 11.6 Å². The largest absolute Gasteiger partial charge is 0.496 e. The first-order valence-corrected chi connectivity index (χ1v) is 11.8. The molecule has 1 amide bonds. The molecule has 1 unspecified atom stereocenters. The van der Waals surface area contributed by atoms with E-state index in [0.29, 0.717) is 33.9 Å². The van der Waals surface area contributed by atoms with E-state index in [9.17, 15) is 9.18 Å². The highest BCUT2D eigenvalue weighted by molar-refractivity contribution is 8.00. The predicted octanol–water partition coefficient (Wildman–Crippen LogP) is 5.53. The van der Waals surface area contributed by atoms with Crippen molar-refractivity contribution in [1.82, 2.24) is 20.1 Å². The Hall–Kier alpha value is -3.36. The third-order valence-electron chi connectivity index (χ3n) is 5.14. The van der Waals surface area contributed by atoms with E-state index in [0.717, 1.165) is 5.56 Å². The molecular formula is C25H22ClFN4O2S. The van der Waals surface area contributed by atoms with Crippen LogP contribution in [0.5, 0.6) is 5.75 Å². The quantitative estimate of drug-likeness (QED) is 0.325. The highest BCUT2D eigenvalue weighted by Crippen LogP contribution is 2.34. The molecule has 0 aliphatic rings. The highest BCUT2D eigenvalue weighted by Gasteiger charge is 2.24. The molecule has 1 aromatic heterocycles. The molecule has 0 saturated carbocycles. The van der Waals surface area contributed by atoms with Gasteiger partial charge in [0, 0.05) is 17.7 Å². The van der Waals surface area contributed by atoms with Crippen LogP contribution in [0, 0.1) is 5.82 Å². The van der Waals surface area contributed by atoms with E-state index in [1.54, 1.807) is 55.0 Å². The molecule has 4 aromatic rings. The number of rotatable bonds is 8. The minimum Gasteiger partial charge on any atom is -0.496 e. The van der Waals surface area contributed by atoms with Gasteiger partial charge in [-0.05, 0) is 37.3 Å². The van der Waals surface area contributed by atoms with Gasteiger partial charge >= 0.3 is 0 Å². The molecule has 0 bridgehead atoms. The number of amides is 1. The van der Waals surface area contributed by atoms with Gasteiger partial charge in [-0.3, -0.25) is 9.36 Å². The molecule has 0 radical (unpaired) electrons. The number of para-hydroxylation sites is 2. The molecule has 1 atom stereocenters. The highest BCUT2D eigenvalue weighted by atomic mass is 35.5. The maximum Gasteiger partial charge on any atom is 0.233 e. The number of hydrogen-bond donors (Lipinski definition) is 1. The summed E-state index contributed by atoms with van der Waals surface area (Å²) < 4.78 is 21.7. The lowest BCUT2D eigenvalue weighted by atomic mass is 10.2. The number of carbonyl (C=O) groups excluding carboxylic acids is 1. The summed E-state index contributed by atoms with van der Waals surface area (Å²) in [5, 5.41) is 11.8. The van der Waals surface area contributed by atoms with Crippen LogP contribution in [-0.4, -0.2) is 33.0 Å². The molecular weight excluding hydrogens is 475 g/mol. The van der Waals surface area contributed by atoms with Crippen molar-refractivity contribution in [2.45, 2.75) is 23.9 Å². The molecule has 174 valence electrons. The van der Waals surface area contributed by atoms with Crippen LogP contribution >= 0.6 is 23.4 Å². The number of hydrogen-bond acceptors (Lipinski definition) is 5. The van der Waals surface area contributed by atoms with Gasteiger partial charge in [-0.2, -0.15) is 0 Å². The predicted molar refractivity (Wildman–Crippen MR) is 132 cm³/mol. The molecule has 0 aliphatic carbocycles. The molecule has 0 aliphatic heterocycles. The zero-order valence-corrected chi connectivity index (χ0v) is 20.1. The van der Waals surface area contributed by atoms with E-state index in [2.05, 4.69) is 15.5 Å². The Balaban J connectivity index is 1.61. The van der Waals surface area contributed by atoms with E-state index in [1.807, 2.05) is 30.3 Å². The molecule has 9 heteroatoms. The van der Waals surface area contributed by atoms with Crippen LogP contribution in [0.25, 0.3) is 17.1 Å². The van der Waals surface area contributed by atoms with Crippen LogP contribution in [0.3, 0.4) is 0 Å². The normalized spacial score (nSPS) is 11.8. The van der Waals surface area contributed by atoms with Gasteiger partial charge in [-0.15, -0.1) is 10.2 Å². The average Bonchev–Trinajstić information content (AvgIpc) is 3.26. The Bertz CT molecular complexity index is 1310. The second kappa shape index (κ2) is 10.7. The number of ether oxygens (including phenoxy) is 1. The van der Waals surface area contributed by atoms with E-state index < -0.39 is 11.1 Å². The first kappa shape index (κ1) is 23.8. The van der Waals surface area contributed by atoms with Gasteiger partial charge in [-0.1, -0.05) is 65.8 Å². The van der Waals surface area contributed by atoms with Gasteiger partial charge in [0.2, 0.25) is 5.91 Å². The van der Waals surface area contributed by atoms with Crippen molar-refractivity contribution in [3.63, 3.8) is 0 Å². The lowest BCUT2D eigenvalue weighted by Crippen LogP contribution is -2.30. The van der Waals surface area contributed by atoms with Gasteiger partial charge in [0.1, 0.15) is 11.6 Å². The Morgan fingerprint density at radius 3 is 2.56 bits per heavy atom. The van der Waals surface area contributed by atoms with E-state index in [4.69, 9.17) is 16.3 Å². The molecule has 0 fully saturated rings. The summed E-state index contributed by atoms with van der Waals surface area (Å²) in [4.78, 5) is 12.8. The summed E-state index contributed by atoms with van der Waals surface area (Å²) in [6, 6.07) is 21.0. The Morgan fingerprint density at radius 2 is 1.79 bits per heavy atom. The molecule has 4 rings (SSSR count). The number of nitrogens with one attached hydrogen (secondary N) is 1. The monoisotopic (exact) mass is 496 g/mol. The minimum absolute atomic E-state index is 0.196. The Labute approximate surface area is 206 Å². The standard InChI is InChI=1S/C25H22ClFN4O2S/c1-16(24(32)28-15-17-9-3-8-14-22(17)33-2)34-25-30-29-23(18-10-4-5-11-19(18)26)31(25)21-13-7-6-12-20(21)27/h3-14,16H,15H2,1-2H3,(H,28,32). The molecule has 6 nitrogen and oxygen atoms in total. The maximum absolute atomic E-state index is 14.8. The summed E-state index contributed by atoms with van der Waals surface area (Å²) in [5.74, 6) is 0.454. The van der Waals surface area contributed by atoms with Gasteiger partial charge in [0.25, 0.3) is 0 Å². The van der Waals surface area contributed by atoms with E-state index >= 15 is 0 Å². The summed E-state index contributed by atoms with van der Waals surface area (Å²) in [6.45, 7) is 2.08. The SMILES string of the molecule is COc1ccccc1CNC(=O)C(C)Sc1nnc(-c2ccccc2Cl)n1-c1ccccc1F. The topological polar surface area (TPSA) is 69.0 Å². The fourth-order valence-electron chi connectivity index (χ4n) is 3.40. The number of thioether (sulfide) groups is 1. The van der Waals surface area contributed by atoms with Gasteiger partial charge in [-0.25, -0.2) is 4.39 Å². The average molecular weight is 497 g/mol. The maximum atomic E-state index is 14.8. The summed E-state index contributed by atoms with van der Waals surface area (Å²) >= 11 is 7.58. The van der Waals surface area contributed by atoms with Crippen molar-refractivity contribution < 1.29 is 13.9 Å². The fourth-order valence-corrected chi connectivity index (χ4v) is 4.51. The van der Waals surface area contributed by atoms with Crippen molar-refractivity contribution in [3.05, 3.63) is 89.2 Å². The third kappa shape index (κ3) is 5.08. The second-order valence-electron chi connectivity index (χ2n) is 7.36. The van der Waals surface area contributed by atoms with Crippen LogP contribution < -0.4 is 10.1 Å². The second-order valence-corrected chi connectivity index (χ2v) is 9.08. The third-order valence-corrected chi connectivity index (χ3v) is 6.51. The van der Waals surface area contributed by atoms with Gasteiger partial charge in [0.15, 0.2) is 11.0 Å². The summed E-state index contributed by atoms with van der Waals surface area (Å²) in [5.41, 5.74) is 1.75. The van der Waals surface area contributed by atoms with Gasteiger partial charge < -0.3 is 10.1 Å². The number of carbonyl (C=O) groups is 1.